The summed E-state index contributed by atoms with van der Waals surface area (Å²) in [7, 11) is 0. The van der Waals surface area contributed by atoms with Crippen LogP contribution in [0.4, 0.5) is 0 Å². The van der Waals surface area contributed by atoms with Crippen molar-refractivity contribution in [3.8, 4) is 11.3 Å². The number of hydrogen-bond donors (Lipinski definition) is 2. The van der Waals surface area contributed by atoms with Crippen molar-refractivity contribution in [2.24, 2.45) is 0 Å². The summed E-state index contributed by atoms with van der Waals surface area (Å²) in [5.41, 5.74) is 1.39. The lowest BCUT2D eigenvalue weighted by Crippen LogP contribution is -2.29. The minimum atomic E-state index is -0.424. The van der Waals surface area contributed by atoms with E-state index in [1.165, 1.54) is 0 Å². The summed E-state index contributed by atoms with van der Waals surface area (Å²) in [6.45, 7) is 0.970. The zero-order chi connectivity index (χ0) is 17.4. The van der Waals surface area contributed by atoms with Crippen molar-refractivity contribution in [3.63, 3.8) is 0 Å². The molecule has 1 aromatic heterocycles. The number of rotatable bonds is 4. The highest BCUT2D eigenvalue weighted by molar-refractivity contribution is 5.95. The van der Waals surface area contributed by atoms with Gasteiger partial charge in [0.25, 0.3) is 11.8 Å². The number of hydrogen-bond acceptors (Lipinski definition) is 4. The molecule has 1 saturated heterocycles. The van der Waals surface area contributed by atoms with Gasteiger partial charge in [-0.2, -0.15) is 0 Å². The first kappa shape index (κ1) is 15.9. The predicted molar refractivity (Wildman–Crippen MR) is 91.2 cm³/mol. The SMILES string of the molecule is O=C(NC1CC1)c1ccc(-c2ccc(C(=O)N3CCC(O)C3)cc2)o1. The Morgan fingerprint density at radius 3 is 2.48 bits per heavy atom. The molecule has 4 rings (SSSR count). The van der Waals surface area contributed by atoms with Gasteiger partial charge >= 0.3 is 0 Å². The Balaban J connectivity index is 1.45. The van der Waals surface area contributed by atoms with E-state index >= 15 is 0 Å². The van der Waals surface area contributed by atoms with E-state index < -0.39 is 6.10 Å². The van der Waals surface area contributed by atoms with Crippen molar-refractivity contribution in [2.75, 3.05) is 13.1 Å². The van der Waals surface area contributed by atoms with Crippen LogP contribution in [0.3, 0.4) is 0 Å². The molecule has 1 atom stereocenters. The maximum atomic E-state index is 12.4. The lowest BCUT2D eigenvalue weighted by atomic mass is 10.1. The van der Waals surface area contributed by atoms with Crippen LogP contribution in [-0.2, 0) is 0 Å². The van der Waals surface area contributed by atoms with Gasteiger partial charge in [0.2, 0.25) is 0 Å². The van der Waals surface area contributed by atoms with Gasteiger partial charge in [0, 0.05) is 30.3 Å². The Hall–Kier alpha value is -2.60. The van der Waals surface area contributed by atoms with E-state index in [0.29, 0.717) is 36.6 Å². The number of benzene rings is 1. The number of carbonyl (C=O) groups excluding carboxylic acids is 2. The van der Waals surface area contributed by atoms with Crippen molar-refractivity contribution < 1.29 is 19.1 Å². The van der Waals surface area contributed by atoms with Crippen molar-refractivity contribution >= 4 is 11.8 Å². The molecule has 25 heavy (non-hydrogen) atoms. The molecule has 130 valence electrons. The molecular formula is C19H20N2O4. The second-order valence-corrected chi connectivity index (χ2v) is 6.68. The second-order valence-electron chi connectivity index (χ2n) is 6.68. The van der Waals surface area contributed by atoms with E-state index in [1.807, 2.05) is 0 Å². The first-order valence-electron chi connectivity index (χ1n) is 8.58. The van der Waals surface area contributed by atoms with E-state index in [1.54, 1.807) is 41.3 Å². The number of aliphatic hydroxyl groups is 1. The van der Waals surface area contributed by atoms with Crippen LogP contribution in [0.1, 0.15) is 40.2 Å². The van der Waals surface area contributed by atoms with Crippen molar-refractivity contribution in [3.05, 3.63) is 47.7 Å². The fourth-order valence-corrected chi connectivity index (χ4v) is 2.99. The van der Waals surface area contributed by atoms with E-state index in [4.69, 9.17) is 4.42 Å². The summed E-state index contributed by atoms with van der Waals surface area (Å²) in [5.74, 6) is 0.629. The Morgan fingerprint density at radius 2 is 1.84 bits per heavy atom. The van der Waals surface area contributed by atoms with Crippen LogP contribution < -0.4 is 5.32 Å². The number of furan rings is 1. The van der Waals surface area contributed by atoms with Gasteiger partial charge in [-0.05, 0) is 43.5 Å². The molecule has 2 heterocycles. The maximum absolute atomic E-state index is 12.4. The fraction of sp³-hybridized carbons (Fsp3) is 0.368. The average Bonchev–Trinajstić information content (AvgIpc) is 3.12. The van der Waals surface area contributed by atoms with Crippen LogP contribution in [0.15, 0.2) is 40.8 Å². The topological polar surface area (TPSA) is 82.8 Å². The van der Waals surface area contributed by atoms with E-state index in [0.717, 1.165) is 18.4 Å². The number of likely N-dealkylation sites (tertiary alicyclic amines) is 1. The van der Waals surface area contributed by atoms with E-state index in [-0.39, 0.29) is 17.9 Å². The lowest BCUT2D eigenvalue weighted by Gasteiger charge is -2.15. The summed E-state index contributed by atoms with van der Waals surface area (Å²) in [5, 5.41) is 12.4. The quantitative estimate of drug-likeness (QED) is 0.892. The van der Waals surface area contributed by atoms with Gasteiger partial charge in [-0.3, -0.25) is 9.59 Å². The van der Waals surface area contributed by atoms with Crippen LogP contribution in [-0.4, -0.2) is 47.1 Å². The highest BCUT2D eigenvalue weighted by Crippen LogP contribution is 2.25. The minimum Gasteiger partial charge on any atom is -0.451 e. The van der Waals surface area contributed by atoms with Gasteiger partial charge in [-0.1, -0.05) is 12.1 Å². The van der Waals surface area contributed by atoms with Crippen LogP contribution in [0.5, 0.6) is 0 Å². The number of β-amino-alcohol motifs (C(OH)–C–C–N with tert-alkyl or cyclic N) is 1. The average molecular weight is 340 g/mol. The lowest BCUT2D eigenvalue weighted by molar-refractivity contribution is 0.0764. The zero-order valence-electron chi connectivity index (χ0n) is 13.8. The molecular weight excluding hydrogens is 320 g/mol. The Morgan fingerprint density at radius 1 is 1.08 bits per heavy atom. The number of nitrogens with zero attached hydrogens (tertiary/aromatic N) is 1. The van der Waals surface area contributed by atoms with Crippen molar-refractivity contribution in [2.45, 2.75) is 31.4 Å². The molecule has 2 aromatic rings. The van der Waals surface area contributed by atoms with Gasteiger partial charge in [0.15, 0.2) is 5.76 Å². The third-order valence-electron chi connectivity index (χ3n) is 4.61. The van der Waals surface area contributed by atoms with Gasteiger partial charge in [-0.15, -0.1) is 0 Å². The summed E-state index contributed by atoms with van der Waals surface area (Å²) >= 11 is 0. The molecule has 1 aliphatic heterocycles. The minimum absolute atomic E-state index is 0.0768. The molecule has 0 radical (unpaired) electrons. The molecule has 0 bridgehead atoms. The third kappa shape index (κ3) is 3.44. The second kappa shape index (κ2) is 6.37. The van der Waals surface area contributed by atoms with E-state index in [9.17, 15) is 14.7 Å². The summed E-state index contributed by atoms with van der Waals surface area (Å²) in [6.07, 6.45) is 2.26. The molecule has 1 unspecified atom stereocenters. The number of carbonyl (C=O) groups is 2. The fourth-order valence-electron chi connectivity index (χ4n) is 2.99. The molecule has 2 amide bonds. The van der Waals surface area contributed by atoms with Gasteiger partial charge in [0.1, 0.15) is 5.76 Å². The summed E-state index contributed by atoms with van der Waals surface area (Å²) in [6, 6.07) is 10.8. The first-order chi connectivity index (χ1) is 12.1. The molecule has 1 aliphatic carbocycles. The zero-order valence-corrected chi connectivity index (χ0v) is 13.8. The van der Waals surface area contributed by atoms with Crippen LogP contribution in [0.25, 0.3) is 11.3 Å². The Bertz CT molecular complexity index is 792. The van der Waals surface area contributed by atoms with E-state index in [2.05, 4.69) is 5.32 Å². The molecule has 6 heteroatoms. The molecule has 2 aliphatic rings. The molecule has 1 saturated carbocycles. The van der Waals surface area contributed by atoms with Crippen LogP contribution >= 0.6 is 0 Å². The standard InChI is InChI=1S/C19H20N2O4/c22-15-9-10-21(11-15)19(24)13-3-1-12(2-4-13)16-7-8-17(25-16)18(23)20-14-5-6-14/h1-4,7-8,14-15,22H,5-6,9-11H2,(H,20,23). The number of amides is 2. The largest absolute Gasteiger partial charge is 0.451 e. The normalized spacial score (nSPS) is 19.9. The molecule has 1 aromatic carbocycles. The smallest absolute Gasteiger partial charge is 0.287 e. The molecule has 2 fully saturated rings. The third-order valence-corrected chi connectivity index (χ3v) is 4.61. The Labute approximate surface area is 145 Å². The molecule has 2 N–H and O–H groups in total. The number of aliphatic hydroxyl groups excluding tert-OH is 1. The Kier molecular flexibility index (Phi) is 4.05. The number of nitrogens with one attached hydrogen (secondary N) is 1. The van der Waals surface area contributed by atoms with Gasteiger partial charge in [-0.25, -0.2) is 0 Å². The van der Waals surface area contributed by atoms with Crippen LogP contribution in [0, 0.1) is 0 Å². The first-order valence-corrected chi connectivity index (χ1v) is 8.58. The summed E-state index contributed by atoms with van der Waals surface area (Å²) in [4.78, 5) is 26.0. The van der Waals surface area contributed by atoms with Crippen LogP contribution in [0.2, 0.25) is 0 Å². The summed E-state index contributed by atoms with van der Waals surface area (Å²) < 4.78 is 5.63. The molecule has 6 nitrogen and oxygen atoms in total. The van der Waals surface area contributed by atoms with Crippen molar-refractivity contribution in [1.29, 1.82) is 0 Å². The highest BCUT2D eigenvalue weighted by atomic mass is 16.4. The molecule has 0 spiro atoms. The highest BCUT2D eigenvalue weighted by Gasteiger charge is 2.26. The predicted octanol–water partition coefficient (Wildman–Crippen LogP) is 2.05. The maximum Gasteiger partial charge on any atom is 0.287 e. The van der Waals surface area contributed by atoms with Gasteiger partial charge in [0.05, 0.1) is 6.10 Å². The monoisotopic (exact) mass is 340 g/mol. The van der Waals surface area contributed by atoms with Gasteiger partial charge < -0.3 is 19.7 Å². The van der Waals surface area contributed by atoms with Crippen molar-refractivity contribution in [1.82, 2.24) is 10.2 Å².